The first kappa shape index (κ1) is 13.0. The van der Waals surface area contributed by atoms with Crippen molar-refractivity contribution in [3.63, 3.8) is 0 Å². The number of hydrogen-bond donors (Lipinski definition) is 0. The molecule has 78 valence electrons. The van der Waals surface area contributed by atoms with Crippen molar-refractivity contribution in [1.29, 1.82) is 5.26 Å². The average Bonchev–Trinajstić information content (AvgIpc) is 2.18. The van der Waals surface area contributed by atoms with Gasteiger partial charge in [-0.2, -0.15) is 5.26 Å². The summed E-state index contributed by atoms with van der Waals surface area (Å²) in [6, 6.07) is 2.15. The van der Waals surface area contributed by atoms with Gasteiger partial charge >= 0.3 is 0 Å². The Hall–Kier alpha value is -1.03. The molecule has 0 spiro atoms. The van der Waals surface area contributed by atoms with Crippen molar-refractivity contribution in [2.45, 2.75) is 52.9 Å². The third kappa shape index (κ3) is 7.61. The van der Waals surface area contributed by atoms with Gasteiger partial charge in [-0.3, -0.25) is 0 Å². The van der Waals surface area contributed by atoms with Gasteiger partial charge in [0.25, 0.3) is 0 Å². The summed E-state index contributed by atoms with van der Waals surface area (Å²) in [7, 11) is 0. The number of hydrogen-bond acceptors (Lipinski definition) is 1. The van der Waals surface area contributed by atoms with Crippen LogP contribution in [0.5, 0.6) is 0 Å². The molecule has 0 N–H and O–H groups in total. The molecule has 0 aromatic carbocycles. The van der Waals surface area contributed by atoms with Crippen LogP contribution in [-0.4, -0.2) is 0 Å². The second-order valence-corrected chi connectivity index (χ2v) is 3.69. The zero-order chi connectivity index (χ0) is 10.8. The molecule has 1 nitrogen and oxygen atoms in total. The summed E-state index contributed by atoms with van der Waals surface area (Å²) in [6.07, 6.45) is 9.44. The highest BCUT2D eigenvalue weighted by Gasteiger charge is 1.89. The highest BCUT2D eigenvalue weighted by Crippen LogP contribution is 2.09. The van der Waals surface area contributed by atoms with E-state index in [-0.39, 0.29) is 0 Å². The number of unbranched alkanes of at least 4 members (excludes halogenated alkanes) is 1. The van der Waals surface area contributed by atoms with Crippen LogP contribution < -0.4 is 0 Å². The summed E-state index contributed by atoms with van der Waals surface area (Å²) in [5.74, 6) is 0. The van der Waals surface area contributed by atoms with Crippen molar-refractivity contribution in [1.82, 2.24) is 0 Å². The maximum absolute atomic E-state index is 8.37. The lowest BCUT2D eigenvalue weighted by Gasteiger charge is -1.98. The molecule has 0 atom stereocenters. The smallest absolute Gasteiger partial charge is 0.0625 e. The van der Waals surface area contributed by atoms with Gasteiger partial charge in [0.2, 0.25) is 0 Å². The minimum absolute atomic E-state index is 0.640. The molecule has 0 aromatic rings. The first-order valence-corrected chi connectivity index (χ1v) is 5.39. The topological polar surface area (TPSA) is 23.8 Å². The molecule has 0 aromatic heterocycles. The second-order valence-electron chi connectivity index (χ2n) is 3.69. The van der Waals surface area contributed by atoms with Gasteiger partial charge in [0.05, 0.1) is 6.07 Å². The van der Waals surface area contributed by atoms with Crippen molar-refractivity contribution < 1.29 is 0 Å². The fourth-order valence-electron chi connectivity index (χ4n) is 1.18. The lowest BCUT2D eigenvalue weighted by Crippen LogP contribution is -1.78. The standard InChI is InChI=1S/C13H21N/c1-4-12(2)9-7-10-13(3)8-5-6-11-14/h8-9H,4-7,10H2,1-3H3. The van der Waals surface area contributed by atoms with Crippen LogP contribution in [0.1, 0.15) is 52.9 Å². The van der Waals surface area contributed by atoms with E-state index in [1.54, 1.807) is 0 Å². The Morgan fingerprint density at radius 2 is 1.79 bits per heavy atom. The van der Waals surface area contributed by atoms with Gasteiger partial charge in [-0.25, -0.2) is 0 Å². The minimum Gasteiger partial charge on any atom is -0.198 e. The van der Waals surface area contributed by atoms with E-state index in [1.165, 1.54) is 11.1 Å². The van der Waals surface area contributed by atoms with E-state index >= 15 is 0 Å². The second kappa shape index (κ2) is 8.56. The molecule has 1 heteroatoms. The molecule has 0 saturated carbocycles. The van der Waals surface area contributed by atoms with Gasteiger partial charge in [-0.15, -0.1) is 0 Å². The average molecular weight is 191 g/mol. The maximum atomic E-state index is 8.37. The van der Waals surface area contributed by atoms with E-state index in [0.29, 0.717) is 6.42 Å². The maximum Gasteiger partial charge on any atom is 0.0625 e. The molecular weight excluding hydrogens is 170 g/mol. The molecule has 0 aliphatic carbocycles. The van der Waals surface area contributed by atoms with Crippen molar-refractivity contribution in [2.24, 2.45) is 0 Å². The number of rotatable bonds is 6. The van der Waals surface area contributed by atoms with Crippen molar-refractivity contribution in [2.75, 3.05) is 0 Å². The third-order valence-corrected chi connectivity index (χ3v) is 2.34. The highest BCUT2D eigenvalue weighted by atomic mass is 14.2. The Morgan fingerprint density at radius 3 is 2.36 bits per heavy atom. The molecule has 0 radical (unpaired) electrons. The molecule has 0 aliphatic heterocycles. The molecule has 0 amide bonds. The van der Waals surface area contributed by atoms with E-state index in [1.807, 2.05) is 0 Å². The van der Waals surface area contributed by atoms with Gasteiger partial charge in [0.1, 0.15) is 0 Å². The Kier molecular flexibility index (Phi) is 7.93. The van der Waals surface area contributed by atoms with Crippen LogP contribution in [-0.2, 0) is 0 Å². The van der Waals surface area contributed by atoms with E-state index in [2.05, 4.69) is 39.0 Å². The summed E-state index contributed by atoms with van der Waals surface area (Å²) in [4.78, 5) is 0. The Morgan fingerprint density at radius 1 is 1.14 bits per heavy atom. The molecule has 0 bridgehead atoms. The fourth-order valence-corrected chi connectivity index (χ4v) is 1.18. The highest BCUT2D eigenvalue weighted by molar-refractivity contribution is 5.03. The first-order valence-electron chi connectivity index (χ1n) is 5.39. The Balaban J connectivity index is 3.68. The van der Waals surface area contributed by atoms with Crippen molar-refractivity contribution in [3.05, 3.63) is 23.3 Å². The van der Waals surface area contributed by atoms with Gasteiger partial charge < -0.3 is 0 Å². The van der Waals surface area contributed by atoms with Crippen molar-refractivity contribution in [3.8, 4) is 6.07 Å². The lowest BCUT2D eigenvalue weighted by atomic mass is 10.1. The van der Waals surface area contributed by atoms with Crippen LogP contribution in [0, 0.1) is 11.3 Å². The van der Waals surface area contributed by atoms with E-state index in [4.69, 9.17) is 5.26 Å². The predicted molar refractivity (Wildman–Crippen MR) is 61.9 cm³/mol. The zero-order valence-electron chi connectivity index (χ0n) is 9.64. The van der Waals surface area contributed by atoms with Crippen LogP contribution in [0.2, 0.25) is 0 Å². The minimum atomic E-state index is 0.640. The summed E-state index contributed by atoms with van der Waals surface area (Å²) in [5, 5.41) is 8.37. The number of nitriles is 1. The van der Waals surface area contributed by atoms with Crippen LogP contribution >= 0.6 is 0 Å². The summed E-state index contributed by atoms with van der Waals surface area (Å²) < 4.78 is 0. The largest absolute Gasteiger partial charge is 0.198 e. The summed E-state index contributed by atoms with van der Waals surface area (Å²) >= 11 is 0. The quantitative estimate of drug-likeness (QED) is 0.451. The molecule has 0 heterocycles. The van der Waals surface area contributed by atoms with Gasteiger partial charge in [-0.1, -0.05) is 30.2 Å². The van der Waals surface area contributed by atoms with Gasteiger partial charge in [-0.05, 0) is 39.5 Å². The number of allylic oxidation sites excluding steroid dienone is 4. The monoisotopic (exact) mass is 191 g/mol. The lowest BCUT2D eigenvalue weighted by molar-refractivity contribution is 0.929. The molecule has 0 rings (SSSR count). The molecule has 0 saturated heterocycles. The summed E-state index contributed by atoms with van der Waals surface area (Å²) in [6.45, 7) is 6.50. The van der Waals surface area contributed by atoms with Crippen LogP contribution in [0.3, 0.4) is 0 Å². The summed E-state index contributed by atoms with van der Waals surface area (Å²) in [5.41, 5.74) is 2.87. The van der Waals surface area contributed by atoms with Crippen LogP contribution in [0.4, 0.5) is 0 Å². The predicted octanol–water partition coefficient (Wildman–Crippen LogP) is 4.37. The molecule has 0 unspecified atom stereocenters. The molecule has 0 aliphatic rings. The fraction of sp³-hybridized carbons (Fsp3) is 0.615. The van der Waals surface area contributed by atoms with E-state index in [0.717, 1.165) is 25.7 Å². The SMILES string of the molecule is CCC(C)=CCCC(C)=CCCC#N. The number of nitrogens with zero attached hydrogens (tertiary/aromatic N) is 1. The normalized spacial score (nSPS) is 12.7. The molecule has 14 heavy (non-hydrogen) atoms. The third-order valence-electron chi connectivity index (χ3n) is 2.34. The first-order chi connectivity index (χ1) is 6.70. The van der Waals surface area contributed by atoms with Gasteiger partial charge in [0, 0.05) is 6.42 Å². The van der Waals surface area contributed by atoms with Crippen LogP contribution in [0.25, 0.3) is 0 Å². The molecule has 0 fully saturated rings. The Bertz CT molecular complexity index is 240. The Labute approximate surface area is 88.1 Å². The van der Waals surface area contributed by atoms with Gasteiger partial charge in [0.15, 0.2) is 0 Å². The van der Waals surface area contributed by atoms with E-state index < -0.39 is 0 Å². The van der Waals surface area contributed by atoms with Crippen LogP contribution in [0.15, 0.2) is 23.3 Å². The van der Waals surface area contributed by atoms with Crippen molar-refractivity contribution >= 4 is 0 Å². The molecular formula is C13H21N. The zero-order valence-corrected chi connectivity index (χ0v) is 9.64. The van der Waals surface area contributed by atoms with E-state index in [9.17, 15) is 0 Å².